The maximum Gasteiger partial charge on any atom is 0.342 e. The van der Waals surface area contributed by atoms with E-state index < -0.39 is 0 Å². The Morgan fingerprint density at radius 3 is 2.76 bits per heavy atom. The zero-order valence-corrected chi connectivity index (χ0v) is 18.4. The molecular weight excluding hydrogens is 443 g/mol. The lowest BCUT2D eigenvalue weighted by Gasteiger charge is -2.41. The van der Waals surface area contributed by atoms with Gasteiger partial charge in [-0.2, -0.15) is 9.78 Å². The molecule has 0 radical (unpaired) electrons. The van der Waals surface area contributed by atoms with Crippen molar-refractivity contribution in [3.8, 4) is 10.7 Å². The second-order valence-electron chi connectivity index (χ2n) is 7.87. The molecular formula is C22H21FN8OS. The molecule has 1 amide bonds. The Labute approximate surface area is 193 Å². The number of hydrogen-bond donors (Lipinski definition) is 2. The maximum absolute atomic E-state index is 14.3. The van der Waals surface area contributed by atoms with Gasteiger partial charge >= 0.3 is 6.03 Å². The topological polar surface area (TPSA) is 111 Å². The van der Waals surface area contributed by atoms with E-state index in [2.05, 4.69) is 35.9 Å². The Kier molecular flexibility index (Phi) is 5.78. The summed E-state index contributed by atoms with van der Waals surface area (Å²) in [5.74, 6) is 0.352. The quantitative estimate of drug-likeness (QED) is 0.430. The Hall–Kier alpha value is -3.73. The Morgan fingerprint density at radius 2 is 2.06 bits per heavy atom. The average Bonchev–Trinajstić information content (AvgIpc) is 3.51. The van der Waals surface area contributed by atoms with Crippen LogP contribution >= 0.6 is 11.3 Å². The number of amides is 1. The van der Waals surface area contributed by atoms with Crippen molar-refractivity contribution in [2.24, 2.45) is 0 Å². The number of nitrogens with one attached hydrogen (secondary N) is 2. The van der Waals surface area contributed by atoms with Gasteiger partial charge in [0.25, 0.3) is 0 Å². The summed E-state index contributed by atoms with van der Waals surface area (Å²) in [5, 5.41) is 19.2. The van der Waals surface area contributed by atoms with Gasteiger partial charge in [-0.15, -0.1) is 21.5 Å². The molecule has 168 valence electrons. The summed E-state index contributed by atoms with van der Waals surface area (Å²) >= 11 is 1.43. The molecule has 0 aliphatic heterocycles. The molecule has 9 nitrogen and oxygen atoms in total. The van der Waals surface area contributed by atoms with E-state index >= 15 is 0 Å². The molecule has 1 aliphatic carbocycles. The predicted octanol–water partition coefficient (Wildman–Crippen LogP) is 3.62. The fourth-order valence-electron chi connectivity index (χ4n) is 3.82. The van der Waals surface area contributed by atoms with Crippen molar-refractivity contribution < 1.29 is 9.18 Å². The fraction of sp³-hybridized carbons (Fsp3) is 0.273. The van der Waals surface area contributed by atoms with E-state index in [9.17, 15) is 9.18 Å². The zero-order valence-electron chi connectivity index (χ0n) is 17.6. The Morgan fingerprint density at radius 1 is 1.15 bits per heavy atom. The largest absolute Gasteiger partial charge is 0.368 e. The van der Waals surface area contributed by atoms with Crippen LogP contribution in [0.3, 0.4) is 0 Å². The van der Waals surface area contributed by atoms with Gasteiger partial charge in [0.2, 0.25) is 0 Å². The first-order chi connectivity index (χ1) is 16.1. The normalized spacial score (nSPS) is 14.5. The minimum Gasteiger partial charge on any atom is -0.368 e. The molecule has 1 fully saturated rings. The van der Waals surface area contributed by atoms with E-state index in [1.165, 1.54) is 22.1 Å². The van der Waals surface area contributed by atoms with Crippen molar-refractivity contribution in [1.82, 2.24) is 35.3 Å². The fourth-order valence-corrected chi connectivity index (χ4v) is 4.63. The minimum absolute atomic E-state index is 0.263. The van der Waals surface area contributed by atoms with E-state index in [1.54, 1.807) is 36.9 Å². The van der Waals surface area contributed by atoms with Crippen molar-refractivity contribution >= 4 is 23.2 Å². The number of thiazole rings is 1. The number of pyridine rings is 1. The molecule has 0 aromatic carbocycles. The summed E-state index contributed by atoms with van der Waals surface area (Å²) in [5.41, 5.74) is 0.851. The van der Waals surface area contributed by atoms with E-state index in [-0.39, 0.29) is 17.3 Å². The van der Waals surface area contributed by atoms with Gasteiger partial charge in [0.1, 0.15) is 22.3 Å². The summed E-state index contributed by atoms with van der Waals surface area (Å²) < 4.78 is 15.5. The van der Waals surface area contributed by atoms with Crippen molar-refractivity contribution in [3.63, 3.8) is 0 Å². The lowest BCUT2D eigenvalue weighted by molar-refractivity contribution is 0.239. The van der Waals surface area contributed by atoms with Crippen LogP contribution in [-0.2, 0) is 12.0 Å². The standard InChI is InChI=1S/C22H21FN8OS/c23-16-4-1-9-24-19(16)22(7-2-8-22)14-27-18-6-5-17(29-30-18)20-25-12-15(33-20)13-26-21(32)31-11-3-10-28-31/h1,3-6,9-12H,2,7-8,13-14H2,(H,26,32)(H,27,30). The Bertz CT molecular complexity index is 1240. The number of carbonyl (C=O) groups is 1. The van der Waals surface area contributed by atoms with E-state index in [1.807, 2.05) is 12.1 Å². The summed E-state index contributed by atoms with van der Waals surface area (Å²) in [6, 6.07) is 8.13. The lowest BCUT2D eigenvalue weighted by atomic mass is 9.66. The van der Waals surface area contributed by atoms with Gasteiger partial charge in [0.15, 0.2) is 0 Å². The van der Waals surface area contributed by atoms with Crippen molar-refractivity contribution in [2.75, 3.05) is 11.9 Å². The molecule has 11 heteroatoms. The van der Waals surface area contributed by atoms with Crippen LogP contribution in [-0.4, -0.2) is 42.5 Å². The number of nitrogens with zero attached hydrogens (tertiary/aromatic N) is 6. The van der Waals surface area contributed by atoms with Crippen LogP contribution in [0.25, 0.3) is 10.7 Å². The highest BCUT2D eigenvalue weighted by molar-refractivity contribution is 7.15. The van der Waals surface area contributed by atoms with Crippen LogP contribution in [0, 0.1) is 5.82 Å². The third-order valence-corrected chi connectivity index (χ3v) is 6.76. The molecule has 0 spiro atoms. The number of anilines is 1. The number of rotatable bonds is 7. The molecule has 2 N–H and O–H groups in total. The monoisotopic (exact) mass is 464 g/mol. The summed E-state index contributed by atoms with van der Waals surface area (Å²) in [6.07, 6.45) is 9.30. The maximum atomic E-state index is 14.3. The van der Waals surface area contributed by atoms with Crippen molar-refractivity contribution in [3.05, 3.63) is 71.5 Å². The highest BCUT2D eigenvalue weighted by Crippen LogP contribution is 2.43. The molecule has 4 aromatic rings. The smallest absolute Gasteiger partial charge is 0.342 e. The van der Waals surface area contributed by atoms with E-state index in [4.69, 9.17) is 0 Å². The predicted molar refractivity (Wildman–Crippen MR) is 121 cm³/mol. The second kappa shape index (κ2) is 9.02. The lowest BCUT2D eigenvalue weighted by Crippen LogP contribution is -2.42. The molecule has 0 atom stereocenters. The molecule has 4 aromatic heterocycles. The number of hydrogen-bond acceptors (Lipinski definition) is 8. The number of carbonyl (C=O) groups excluding carboxylic acids is 1. The summed E-state index contributed by atoms with van der Waals surface area (Å²) in [7, 11) is 0. The first kappa shape index (κ1) is 21.1. The minimum atomic E-state index is -0.309. The zero-order chi connectivity index (χ0) is 22.7. The SMILES string of the molecule is O=C(NCc1cnc(-c2ccc(NCC3(c4ncccc4F)CCC3)nn2)s1)n1cccn1. The number of halogens is 1. The van der Waals surface area contributed by atoms with Gasteiger partial charge in [-0.1, -0.05) is 6.42 Å². The molecule has 1 aliphatic rings. The van der Waals surface area contributed by atoms with Crippen LogP contribution in [0.4, 0.5) is 15.0 Å². The average molecular weight is 465 g/mol. The van der Waals surface area contributed by atoms with Gasteiger partial charge in [-0.25, -0.2) is 14.2 Å². The van der Waals surface area contributed by atoms with Crippen molar-refractivity contribution in [2.45, 2.75) is 31.2 Å². The van der Waals surface area contributed by atoms with Crippen LogP contribution in [0.5, 0.6) is 0 Å². The van der Waals surface area contributed by atoms with E-state index in [0.717, 1.165) is 24.1 Å². The third kappa shape index (κ3) is 4.44. The molecule has 33 heavy (non-hydrogen) atoms. The molecule has 0 bridgehead atoms. The highest BCUT2D eigenvalue weighted by atomic mass is 32.1. The highest BCUT2D eigenvalue weighted by Gasteiger charge is 2.41. The van der Waals surface area contributed by atoms with Crippen LogP contribution in [0.15, 0.2) is 55.1 Å². The van der Waals surface area contributed by atoms with Crippen LogP contribution in [0.1, 0.15) is 29.8 Å². The molecule has 5 rings (SSSR count). The molecule has 4 heterocycles. The van der Waals surface area contributed by atoms with Gasteiger partial charge in [0.05, 0.1) is 12.2 Å². The van der Waals surface area contributed by atoms with Gasteiger partial charge in [-0.3, -0.25) is 4.98 Å². The second-order valence-corrected chi connectivity index (χ2v) is 8.98. The first-order valence-electron chi connectivity index (χ1n) is 10.5. The molecule has 0 saturated heterocycles. The van der Waals surface area contributed by atoms with Crippen LogP contribution < -0.4 is 10.6 Å². The van der Waals surface area contributed by atoms with Gasteiger partial charge < -0.3 is 10.6 Å². The summed E-state index contributed by atoms with van der Waals surface area (Å²) in [4.78, 5) is 21.5. The van der Waals surface area contributed by atoms with Gasteiger partial charge in [-0.05, 0) is 43.2 Å². The molecule has 0 unspecified atom stereocenters. The van der Waals surface area contributed by atoms with Gasteiger partial charge in [0, 0.05) is 41.6 Å². The van der Waals surface area contributed by atoms with Crippen molar-refractivity contribution in [1.29, 1.82) is 0 Å². The summed E-state index contributed by atoms with van der Waals surface area (Å²) in [6.45, 7) is 0.891. The number of aromatic nitrogens is 6. The third-order valence-electron chi connectivity index (χ3n) is 5.74. The Balaban J connectivity index is 1.20. The first-order valence-corrected chi connectivity index (χ1v) is 11.4. The van der Waals surface area contributed by atoms with Crippen LogP contribution in [0.2, 0.25) is 0 Å². The molecule has 1 saturated carbocycles. The van der Waals surface area contributed by atoms with E-state index in [0.29, 0.717) is 35.3 Å².